The number of carboxylic acid groups (broad SMARTS) is 1. The number of benzene rings is 1. The first kappa shape index (κ1) is 21.2. The number of rotatable bonds is 5. The topological polar surface area (TPSA) is 78.9 Å². The van der Waals surface area contributed by atoms with Crippen molar-refractivity contribution in [2.45, 2.75) is 65.1 Å². The highest BCUT2D eigenvalue weighted by atomic mass is 16.6. The minimum atomic E-state index is -0.901. The second kappa shape index (κ2) is 8.30. The number of piperidine rings is 1. The molecule has 0 bridgehead atoms. The van der Waals surface area contributed by atoms with Crippen LogP contribution in [0.1, 0.15) is 59.1 Å². The van der Waals surface area contributed by atoms with Crippen molar-refractivity contribution in [3.63, 3.8) is 0 Å². The van der Waals surface area contributed by atoms with Crippen LogP contribution < -0.4 is 5.32 Å². The van der Waals surface area contributed by atoms with E-state index >= 15 is 0 Å². The van der Waals surface area contributed by atoms with Crippen molar-refractivity contribution in [3.05, 3.63) is 35.9 Å². The van der Waals surface area contributed by atoms with Gasteiger partial charge in [0.05, 0.1) is 5.41 Å². The molecule has 1 aromatic carbocycles. The number of ether oxygens (including phenoxy) is 1. The molecular formula is C21H32N2O4. The van der Waals surface area contributed by atoms with Gasteiger partial charge in [0, 0.05) is 25.2 Å². The predicted octanol–water partition coefficient (Wildman–Crippen LogP) is 3.83. The van der Waals surface area contributed by atoms with Crippen LogP contribution in [0.2, 0.25) is 0 Å². The summed E-state index contributed by atoms with van der Waals surface area (Å²) in [5.41, 5.74) is -0.396. The number of amides is 1. The Bertz CT molecular complexity index is 656. The van der Waals surface area contributed by atoms with E-state index in [0.717, 1.165) is 5.56 Å². The summed E-state index contributed by atoms with van der Waals surface area (Å²) in [5, 5.41) is 13.5. The maximum atomic E-state index is 12.5. The van der Waals surface area contributed by atoms with Gasteiger partial charge < -0.3 is 20.1 Å². The maximum absolute atomic E-state index is 12.5. The number of nitrogens with zero attached hydrogens (tertiary/aromatic N) is 1. The molecule has 6 nitrogen and oxygen atoms in total. The van der Waals surface area contributed by atoms with Crippen LogP contribution >= 0.6 is 0 Å². The molecule has 1 fully saturated rings. The Labute approximate surface area is 161 Å². The van der Waals surface area contributed by atoms with Crippen molar-refractivity contribution in [3.8, 4) is 0 Å². The van der Waals surface area contributed by atoms with Gasteiger partial charge in [-0.15, -0.1) is 0 Å². The SMILES string of the molecule is CC[C@@]1(C(=O)O)CCN(C(=O)OC(C)(C)C)C[C@@H]1N[C@@H](C)c1ccccc1. The van der Waals surface area contributed by atoms with Gasteiger partial charge in [0.25, 0.3) is 0 Å². The Morgan fingerprint density at radius 1 is 1.33 bits per heavy atom. The summed E-state index contributed by atoms with van der Waals surface area (Å²) < 4.78 is 5.49. The third-order valence-electron chi connectivity index (χ3n) is 5.36. The van der Waals surface area contributed by atoms with E-state index in [0.29, 0.717) is 25.9 Å². The monoisotopic (exact) mass is 376 g/mol. The standard InChI is InChI=1S/C21H32N2O4/c1-6-21(18(24)25)12-13-23(19(26)27-20(3,4)5)14-17(21)22-15(2)16-10-8-7-9-11-16/h7-11,15,17,22H,6,12-14H2,1-5H3,(H,24,25)/t15-,17-,21+/m0/s1. The summed E-state index contributed by atoms with van der Waals surface area (Å²) in [6, 6.07) is 9.52. The lowest BCUT2D eigenvalue weighted by Gasteiger charge is -2.46. The number of carboxylic acids is 1. The normalized spacial score (nSPS) is 24.3. The fourth-order valence-corrected chi connectivity index (χ4v) is 3.67. The van der Waals surface area contributed by atoms with Crippen LogP contribution in [0.5, 0.6) is 0 Å². The lowest BCUT2D eigenvalue weighted by molar-refractivity contribution is -0.154. The molecule has 1 aliphatic heterocycles. The number of aliphatic carboxylic acids is 1. The van der Waals surface area contributed by atoms with Crippen LogP contribution in [-0.4, -0.2) is 46.8 Å². The largest absolute Gasteiger partial charge is 0.481 e. The first-order valence-electron chi connectivity index (χ1n) is 9.61. The van der Waals surface area contributed by atoms with Crippen LogP contribution in [0.25, 0.3) is 0 Å². The molecule has 1 saturated heterocycles. The minimum Gasteiger partial charge on any atom is -0.481 e. The van der Waals surface area contributed by atoms with Crippen LogP contribution in [0, 0.1) is 5.41 Å². The average Bonchev–Trinajstić information content (AvgIpc) is 2.60. The smallest absolute Gasteiger partial charge is 0.410 e. The third kappa shape index (κ3) is 5.01. The lowest BCUT2D eigenvalue weighted by Crippen LogP contribution is -2.61. The molecule has 1 aliphatic rings. The fourth-order valence-electron chi connectivity index (χ4n) is 3.67. The zero-order valence-electron chi connectivity index (χ0n) is 17.0. The van der Waals surface area contributed by atoms with Gasteiger partial charge in [-0.25, -0.2) is 4.79 Å². The predicted molar refractivity (Wildman–Crippen MR) is 105 cm³/mol. The van der Waals surface area contributed by atoms with E-state index in [1.807, 2.05) is 65.0 Å². The molecule has 0 aromatic heterocycles. The van der Waals surface area contributed by atoms with E-state index in [9.17, 15) is 14.7 Å². The molecule has 1 amide bonds. The molecule has 6 heteroatoms. The van der Waals surface area contributed by atoms with Gasteiger partial charge in [0.15, 0.2) is 0 Å². The van der Waals surface area contributed by atoms with E-state index in [4.69, 9.17) is 4.74 Å². The number of hydrogen-bond acceptors (Lipinski definition) is 4. The molecule has 2 rings (SSSR count). The van der Waals surface area contributed by atoms with Gasteiger partial charge in [0.1, 0.15) is 5.60 Å². The molecular weight excluding hydrogens is 344 g/mol. The van der Waals surface area contributed by atoms with E-state index < -0.39 is 23.1 Å². The van der Waals surface area contributed by atoms with Crippen LogP contribution in [-0.2, 0) is 9.53 Å². The highest BCUT2D eigenvalue weighted by Gasteiger charge is 2.49. The van der Waals surface area contributed by atoms with Gasteiger partial charge >= 0.3 is 12.1 Å². The second-order valence-electron chi connectivity index (χ2n) is 8.34. The Kier molecular flexibility index (Phi) is 6.52. The highest BCUT2D eigenvalue weighted by Crippen LogP contribution is 2.37. The zero-order valence-corrected chi connectivity index (χ0v) is 17.0. The molecule has 0 spiro atoms. The molecule has 27 heavy (non-hydrogen) atoms. The summed E-state index contributed by atoms with van der Waals surface area (Å²) in [6.45, 7) is 10.1. The Morgan fingerprint density at radius 2 is 1.96 bits per heavy atom. The molecule has 150 valence electrons. The summed E-state index contributed by atoms with van der Waals surface area (Å²) >= 11 is 0. The molecule has 0 saturated carbocycles. The first-order chi connectivity index (χ1) is 12.6. The second-order valence-corrected chi connectivity index (χ2v) is 8.34. The van der Waals surface area contributed by atoms with Crippen molar-refractivity contribution in [2.24, 2.45) is 5.41 Å². The number of carbonyl (C=O) groups is 2. The van der Waals surface area contributed by atoms with Gasteiger partial charge in [-0.1, -0.05) is 37.3 Å². The van der Waals surface area contributed by atoms with E-state index in [2.05, 4.69) is 5.32 Å². The fraction of sp³-hybridized carbons (Fsp3) is 0.619. The average molecular weight is 376 g/mol. The van der Waals surface area contributed by atoms with Crippen LogP contribution in [0.3, 0.4) is 0 Å². The van der Waals surface area contributed by atoms with Gasteiger partial charge in [-0.05, 0) is 46.1 Å². The summed E-state index contributed by atoms with van der Waals surface area (Å²) in [7, 11) is 0. The summed E-state index contributed by atoms with van der Waals surface area (Å²) in [5.74, 6) is -0.813. The molecule has 2 N–H and O–H groups in total. The summed E-state index contributed by atoms with van der Waals surface area (Å²) in [4.78, 5) is 26.3. The van der Waals surface area contributed by atoms with Crippen molar-refractivity contribution >= 4 is 12.1 Å². The van der Waals surface area contributed by atoms with E-state index in [1.54, 1.807) is 4.90 Å². The highest BCUT2D eigenvalue weighted by molar-refractivity contribution is 5.77. The molecule has 1 heterocycles. The third-order valence-corrected chi connectivity index (χ3v) is 5.36. The Balaban J connectivity index is 2.22. The van der Waals surface area contributed by atoms with Gasteiger partial charge in [-0.3, -0.25) is 4.79 Å². The number of carbonyl (C=O) groups excluding carboxylic acids is 1. The Hall–Kier alpha value is -2.08. The van der Waals surface area contributed by atoms with Crippen LogP contribution in [0.15, 0.2) is 30.3 Å². The minimum absolute atomic E-state index is 0.0277. The van der Waals surface area contributed by atoms with Crippen molar-refractivity contribution in [1.29, 1.82) is 0 Å². The molecule has 0 aliphatic carbocycles. The van der Waals surface area contributed by atoms with Gasteiger partial charge in [0.2, 0.25) is 0 Å². The van der Waals surface area contributed by atoms with Gasteiger partial charge in [-0.2, -0.15) is 0 Å². The molecule has 0 radical (unpaired) electrons. The Morgan fingerprint density at radius 3 is 2.48 bits per heavy atom. The molecule has 0 unspecified atom stereocenters. The van der Waals surface area contributed by atoms with Crippen LogP contribution in [0.4, 0.5) is 4.79 Å². The van der Waals surface area contributed by atoms with E-state index in [1.165, 1.54) is 0 Å². The number of nitrogens with one attached hydrogen (secondary N) is 1. The quantitative estimate of drug-likeness (QED) is 0.816. The van der Waals surface area contributed by atoms with Crippen molar-refractivity contribution in [2.75, 3.05) is 13.1 Å². The van der Waals surface area contributed by atoms with E-state index in [-0.39, 0.29) is 12.1 Å². The zero-order chi connectivity index (χ0) is 20.2. The van der Waals surface area contributed by atoms with Crippen molar-refractivity contribution < 1.29 is 19.4 Å². The van der Waals surface area contributed by atoms with Crippen molar-refractivity contribution in [1.82, 2.24) is 10.2 Å². The lowest BCUT2D eigenvalue weighted by atomic mass is 9.72. The molecule has 1 aromatic rings. The molecule has 3 atom stereocenters. The summed E-state index contributed by atoms with van der Waals surface area (Å²) in [6.07, 6.45) is 0.512. The number of likely N-dealkylation sites (tertiary alicyclic amines) is 1. The first-order valence-corrected chi connectivity index (χ1v) is 9.61. The maximum Gasteiger partial charge on any atom is 0.410 e. The number of hydrogen-bond donors (Lipinski definition) is 2.